The van der Waals surface area contributed by atoms with Crippen LogP contribution < -0.4 is 5.32 Å². The van der Waals surface area contributed by atoms with E-state index in [1.165, 1.54) is 0 Å². The van der Waals surface area contributed by atoms with Crippen LogP contribution >= 0.6 is 0 Å². The second kappa shape index (κ2) is 6.37. The quantitative estimate of drug-likeness (QED) is 0.504. The van der Waals surface area contributed by atoms with Gasteiger partial charge in [0, 0.05) is 13.2 Å². The van der Waals surface area contributed by atoms with Gasteiger partial charge in [0.15, 0.2) is 0 Å². The van der Waals surface area contributed by atoms with E-state index in [0.29, 0.717) is 0 Å². The van der Waals surface area contributed by atoms with Crippen molar-refractivity contribution in [1.82, 2.24) is 5.32 Å². The van der Waals surface area contributed by atoms with Gasteiger partial charge in [-0.25, -0.2) is 0 Å². The molecule has 0 aromatic carbocycles. The van der Waals surface area contributed by atoms with E-state index in [4.69, 9.17) is 14.9 Å². The first-order valence-electron chi connectivity index (χ1n) is 4.16. The minimum Gasteiger partial charge on any atom is -0.395 e. The predicted molar refractivity (Wildman–Crippen MR) is 47.0 cm³/mol. The summed E-state index contributed by atoms with van der Waals surface area (Å²) in [7, 11) is 1.63. The Morgan fingerprint density at radius 1 is 1.25 bits per heavy atom. The lowest BCUT2D eigenvalue weighted by Gasteiger charge is -2.24. The normalized spacial score (nSPS) is 16.5. The summed E-state index contributed by atoms with van der Waals surface area (Å²) < 4.78 is 5.08. The molecule has 0 saturated carbocycles. The molecule has 0 rings (SSSR count). The predicted octanol–water partition coefficient (Wildman–Crippen LogP) is -0.647. The molecule has 0 spiro atoms. The van der Waals surface area contributed by atoms with Gasteiger partial charge < -0.3 is 20.3 Å². The van der Waals surface area contributed by atoms with Gasteiger partial charge in [0.2, 0.25) is 0 Å². The van der Waals surface area contributed by atoms with Crippen LogP contribution in [0.1, 0.15) is 13.8 Å². The highest BCUT2D eigenvalue weighted by Gasteiger charge is 2.14. The Morgan fingerprint density at radius 3 is 2.08 bits per heavy atom. The highest BCUT2D eigenvalue weighted by molar-refractivity contribution is 4.73. The number of aliphatic hydroxyl groups is 2. The molecule has 12 heavy (non-hydrogen) atoms. The number of ether oxygens (including phenoxy) is 1. The van der Waals surface area contributed by atoms with Gasteiger partial charge in [-0.3, -0.25) is 0 Å². The monoisotopic (exact) mass is 177 g/mol. The zero-order valence-corrected chi connectivity index (χ0v) is 7.95. The lowest BCUT2D eigenvalue weighted by atomic mass is 10.2. The number of nitrogens with one attached hydrogen (secondary N) is 1. The third-order valence-corrected chi connectivity index (χ3v) is 2.02. The molecule has 0 aliphatic carbocycles. The second-order valence-electron chi connectivity index (χ2n) is 2.96. The van der Waals surface area contributed by atoms with E-state index < -0.39 is 0 Å². The molecule has 0 saturated heterocycles. The second-order valence-corrected chi connectivity index (χ2v) is 2.96. The van der Waals surface area contributed by atoms with Crippen LogP contribution in [0, 0.1) is 0 Å². The summed E-state index contributed by atoms with van der Waals surface area (Å²) in [6, 6.07) is -0.128. The van der Waals surface area contributed by atoms with Gasteiger partial charge in [-0.15, -0.1) is 0 Å². The fraction of sp³-hybridized carbons (Fsp3) is 1.00. The van der Waals surface area contributed by atoms with Crippen molar-refractivity contribution in [3.8, 4) is 0 Å². The van der Waals surface area contributed by atoms with Crippen molar-refractivity contribution in [2.75, 3.05) is 20.3 Å². The van der Waals surface area contributed by atoms with E-state index in [2.05, 4.69) is 5.32 Å². The standard InChI is InChI=1S/C8H19NO3/c1-6(7(2)12-3)9-8(4-10)5-11/h6-11H,4-5H2,1-3H3. The molecule has 0 aliphatic heterocycles. The summed E-state index contributed by atoms with van der Waals surface area (Å²) in [5, 5.41) is 20.6. The van der Waals surface area contributed by atoms with Crippen LogP contribution in [0.4, 0.5) is 0 Å². The molecule has 0 amide bonds. The minimum atomic E-state index is -0.252. The van der Waals surface area contributed by atoms with E-state index >= 15 is 0 Å². The first-order chi connectivity index (χ1) is 5.65. The first-order valence-corrected chi connectivity index (χ1v) is 4.16. The van der Waals surface area contributed by atoms with Crippen LogP contribution in [-0.4, -0.2) is 48.7 Å². The Balaban J connectivity index is 3.72. The molecule has 4 heteroatoms. The number of methoxy groups -OCH3 is 1. The molecule has 0 bridgehead atoms. The number of hydrogen-bond donors (Lipinski definition) is 3. The van der Waals surface area contributed by atoms with Crippen molar-refractivity contribution in [1.29, 1.82) is 0 Å². The smallest absolute Gasteiger partial charge is 0.0693 e. The Labute approximate surface area is 73.5 Å². The van der Waals surface area contributed by atoms with Crippen LogP contribution in [0.15, 0.2) is 0 Å². The highest BCUT2D eigenvalue weighted by atomic mass is 16.5. The Bertz CT molecular complexity index is 106. The molecule has 4 nitrogen and oxygen atoms in total. The fourth-order valence-corrected chi connectivity index (χ4v) is 0.875. The van der Waals surface area contributed by atoms with Crippen molar-refractivity contribution in [3.05, 3.63) is 0 Å². The van der Waals surface area contributed by atoms with Gasteiger partial charge >= 0.3 is 0 Å². The van der Waals surface area contributed by atoms with Crippen molar-refractivity contribution >= 4 is 0 Å². The number of rotatable bonds is 6. The Morgan fingerprint density at radius 2 is 1.75 bits per heavy atom. The molecule has 0 aliphatic rings. The zero-order valence-electron chi connectivity index (χ0n) is 7.95. The Kier molecular flexibility index (Phi) is 6.28. The maximum Gasteiger partial charge on any atom is 0.0693 e. The van der Waals surface area contributed by atoms with Gasteiger partial charge in [-0.2, -0.15) is 0 Å². The maximum atomic E-state index is 8.77. The van der Waals surface area contributed by atoms with Crippen LogP contribution in [0.2, 0.25) is 0 Å². The summed E-state index contributed by atoms with van der Waals surface area (Å²) in [6.07, 6.45) is 0.0746. The molecular formula is C8H19NO3. The SMILES string of the molecule is COC(C)C(C)NC(CO)CO. The third-order valence-electron chi connectivity index (χ3n) is 2.02. The highest BCUT2D eigenvalue weighted by Crippen LogP contribution is 1.97. The lowest BCUT2D eigenvalue weighted by molar-refractivity contribution is 0.0721. The number of aliphatic hydroxyl groups excluding tert-OH is 2. The van der Waals surface area contributed by atoms with E-state index in [9.17, 15) is 0 Å². The van der Waals surface area contributed by atoms with Gasteiger partial charge in [-0.1, -0.05) is 0 Å². The molecule has 0 aromatic rings. The summed E-state index contributed by atoms with van der Waals surface area (Å²) in [4.78, 5) is 0. The van der Waals surface area contributed by atoms with Crippen molar-refractivity contribution < 1.29 is 14.9 Å². The molecule has 3 N–H and O–H groups in total. The average molecular weight is 177 g/mol. The molecule has 0 fully saturated rings. The summed E-state index contributed by atoms with van der Waals surface area (Å²) in [5.74, 6) is 0. The van der Waals surface area contributed by atoms with Crippen LogP contribution in [0.5, 0.6) is 0 Å². The third kappa shape index (κ3) is 4.01. The molecule has 0 radical (unpaired) electrons. The molecule has 2 atom stereocenters. The molecular weight excluding hydrogens is 158 g/mol. The van der Waals surface area contributed by atoms with Crippen molar-refractivity contribution in [2.24, 2.45) is 0 Å². The van der Waals surface area contributed by atoms with Crippen molar-refractivity contribution in [2.45, 2.75) is 32.0 Å². The van der Waals surface area contributed by atoms with E-state index in [1.54, 1.807) is 7.11 Å². The molecule has 0 aromatic heterocycles. The first kappa shape index (κ1) is 11.8. The molecule has 2 unspecified atom stereocenters. The van der Waals surface area contributed by atoms with E-state index in [1.807, 2.05) is 13.8 Å². The van der Waals surface area contributed by atoms with Gasteiger partial charge in [0.05, 0.1) is 25.4 Å². The lowest BCUT2D eigenvalue weighted by Crippen LogP contribution is -2.46. The zero-order chi connectivity index (χ0) is 9.56. The summed E-state index contributed by atoms with van der Waals surface area (Å²) in [5.41, 5.74) is 0. The maximum absolute atomic E-state index is 8.77. The molecule has 0 heterocycles. The van der Waals surface area contributed by atoms with Crippen molar-refractivity contribution in [3.63, 3.8) is 0 Å². The van der Waals surface area contributed by atoms with Crippen LogP contribution in [0.3, 0.4) is 0 Å². The van der Waals surface area contributed by atoms with Gasteiger partial charge in [0.25, 0.3) is 0 Å². The van der Waals surface area contributed by atoms with E-state index in [-0.39, 0.29) is 31.4 Å². The summed E-state index contributed by atoms with van der Waals surface area (Å²) >= 11 is 0. The summed E-state index contributed by atoms with van der Waals surface area (Å²) in [6.45, 7) is 3.77. The number of hydrogen-bond acceptors (Lipinski definition) is 4. The van der Waals surface area contributed by atoms with E-state index in [0.717, 1.165) is 0 Å². The topological polar surface area (TPSA) is 61.7 Å². The molecule has 74 valence electrons. The van der Waals surface area contributed by atoms with Gasteiger partial charge in [0.1, 0.15) is 0 Å². The Hall–Kier alpha value is -0.160. The fourth-order valence-electron chi connectivity index (χ4n) is 0.875. The minimum absolute atomic E-state index is 0.0583. The van der Waals surface area contributed by atoms with Crippen LogP contribution in [-0.2, 0) is 4.74 Å². The largest absolute Gasteiger partial charge is 0.395 e. The van der Waals surface area contributed by atoms with Crippen LogP contribution in [0.25, 0.3) is 0 Å². The van der Waals surface area contributed by atoms with Gasteiger partial charge in [-0.05, 0) is 13.8 Å². The average Bonchev–Trinajstić information content (AvgIpc) is 2.12.